The summed E-state index contributed by atoms with van der Waals surface area (Å²) in [5.74, 6) is 0.148. The zero-order valence-electron chi connectivity index (χ0n) is 14.2. The second-order valence-corrected chi connectivity index (χ2v) is 7.71. The van der Waals surface area contributed by atoms with E-state index in [1.165, 1.54) is 16.3 Å². The Labute approximate surface area is 166 Å². The van der Waals surface area contributed by atoms with Crippen LogP contribution in [0.3, 0.4) is 0 Å². The van der Waals surface area contributed by atoms with Gasteiger partial charge in [0.05, 0.1) is 0 Å². The third-order valence-corrected chi connectivity index (χ3v) is 5.78. The predicted molar refractivity (Wildman–Crippen MR) is 114 cm³/mol. The molecule has 5 heteroatoms. The van der Waals surface area contributed by atoms with Crippen molar-refractivity contribution in [2.24, 2.45) is 0 Å². The molecule has 0 aliphatic carbocycles. The van der Waals surface area contributed by atoms with Crippen LogP contribution in [-0.2, 0) is 0 Å². The first-order chi connectivity index (χ1) is 12.6. The van der Waals surface area contributed by atoms with Gasteiger partial charge < -0.3 is 4.90 Å². The number of halogens is 1. The van der Waals surface area contributed by atoms with Crippen molar-refractivity contribution in [1.29, 1.82) is 0 Å². The molecule has 0 spiro atoms. The molecule has 4 rings (SSSR count). The number of fused-ring (bicyclic) bond motifs is 3. The van der Waals surface area contributed by atoms with Crippen molar-refractivity contribution in [2.45, 2.75) is 12.8 Å². The molecule has 1 atom stereocenters. The van der Waals surface area contributed by atoms with E-state index in [-0.39, 0.29) is 5.91 Å². The highest BCUT2D eigenvalue weighted by Crippen LogP contribution is 2.42. The van der Waals surface area contributed by atoms with Crippen LogP contribution in [0.25, 0.3) is 10.8 Å². The Morgan fingerprint density at radius 3 is 2.62 bits per heavy atom. The maximum atomic E-state index is 12.4. The van der Waals surface area contributed by atoms with Gasteiger partial charge in [-0.05, 0) is 52.8 Å². The molecule has 26 heavy (non-hydrogen) atoms. The molecule has 1 amide bonds. The average molecular weight is 425 g/mol. The molecule has 1 aliphatic heterocycles. The third kappa shape index (κ3) is 2.91. The summed E-state index contributed by atoms with van der Waals surface area (Å²) < 4.78 is 1.09. The van der Waals surface area contributed by atoms with E-state index in [1.807, 2.05) is 23.1 Å². The summed E-state index contributed by atoms with van der Waals surface area (Å²) in [6.45, 7) is 2.95. The Kier molecular flexibility index (Phi) is 4.51. The van der Waals surface area contributed by atoms with Crippen molar-refractivity contribution < 1.29 is 4.79 Å². The first kappa shape index (κ1) is 17.2. The lowest BCUT2D eigenvalue weighted by Crippen LogP contribution is -2.42. The van der Waals surface area contributed by atoms with Gasteiger partial charge in [-0.1, -0.05) is 59.3 Å². The molecule has 3 nitrogen and oxygen atoms in total. The maximum Gasteiger partial charge on any atom is 0.257 e. The Bertz CT molecular complexity index is 1020. The summed E-state index contributed by atoms with van der Waals surface area (Å²) in [5, 5.41) is 5.73. The molecule has 0 saturated carbocycles. The van der Waals surface area contributed by atoms with Gasteiger partial charge in [0, 0.05) is 28.2 Å². The highest BCUT2D eigenvalue weighted by molar-refractivity contribution is 9.10. The number of thiocarbonyl (C=S) groups is 1. The molecule has 3 aromatic carbocycles. The number of carbonyl (C=O) groups excluding carboxylic acids is 1. The van der Waals surface area contributed by atoms with Gasteiger partial charge in [-0.15, -0.1) is 0 Å². The number of hydrogen-bond donors (Lipinski definition) is 1. The molecule has 1 unspecified atom stereocenters. The number of rotatable bonds is 1. The van der Waals surface area contributed by atoms with Crippen LogP contribution in [0, 0.1) is 0 Å². The van der Waals surface area contributed by atoms with Gasteiger partial charge in [-0.3, -0.25) is 10.1 Å². The number of amides is 1. The number of nitrogens with one attached hydrogen (secondary N) is 1. The van der Waals surface area contributed by atoms with Gasteiger partial charge in [0.25, 0.3) is 5.91 Å². The van der Waals surface area contributed by atoms with Gasteiger partial charge in [0.15, 0.2) is 5.11 Å². The van der Waals surface area contributed by atoms with E-state index in [4.69, 9.17) is 12.2 Å². The summed E-state index contributed by atoms with van der Waals surface area (Å²) in [6, 6.07) is 19.6. The molecule has 3 aromatic rings. The lowest BCUT2D eigenvalue weighted by molar-refractivity contribution is 0.0977. The SMILES string of the molecule is CC1CN(C(=S)NC(=O)c2ccccc2)c2ccc3c(Br)cccc3c21. The second-order valence-electron chi connectivity index (χ2n) is 6.47. The van der Waals surface area contributed by atoms with Crippen LogP contribution in [0.15, 0.2) is 65.1 Å². The Morgan fingerprint density at radius 1 is 1.08 bits per heavy atom. The topological polar surface area (TPSA) is 32.3 Å². The summed E-state index contributed by atoms with van der Waals surface area (Å²) in [4.78, 5) is 14.5. The molecule has 1 N–H and O–H groups in total. The monoisotopic (exact) mass is 424 g/mol. The smallest absolute Gasteiger partial charge is 0.257 e. The fraction of sp³-hybridized carbons (Fsp3) is 0.143. The zero-order chi connectivity index (χ0) is 18.3. The average Bonchev–Trinajstić information content (AvgIpc) is 3.00. The van der Waals surface area contributed by atoms with Crippen molar-refractivity contribution >= 4 is 55.6 Å². The fourth-order valence-corrected chi connectivity index (χ4v) is 4.33. The Balaban J connectivity index is 1.66. The van der Waals surface area contributed by atoms with E-state index in [2.05, 4.69) is 58.5 Å². The lowest BCUT2D eigenvalue weighted by Gasteiger charge is -2.21. The van der Waals surface area contributed by atoms with Crippen LogP contribution in [0.1, 0.15) is 28.8 Å². The van der Waals surface area contributed by atoms with E-state index in [1.54, 1.807) is 12.1 Å². The highest BCUT2D eigenvalue weighted by Gasteiger charge is 2.30. The number of nitrogens with zero attached hydrogens (tertiary/aromatic N) is 1. The van der Waals surface area contributed by atoms with E-state index in [9.17, 15) is 4.79 Å². The van der Waals surface area contributed by atoms with Crippen LogP contribution in [0.2, 0.25) is 0 Å². The molecule has 1 aliphatic rings. The fourth-order valence-electron chi connectivity index (χ4n) is 3.57. The molecule has 0 fully saturated rings. The van der Waals surface area contributed by atoms with Gasteiger partial charge in [0.1, 0.15) is 0 Å². The van der Waals surface area contributed by atoms with Gasteiger partial charge in [0.2, 0.25) is 0 Å². The van der Waals surface area contributed by atoms with Crippen molar-refractivity contribution in [3.8, 4) is 0 Å². The highest BCUT2D eigenvalue weighted by atomic mass is 79.9. The first-order valence-corrected chi connectivity index (χ1v) is 9.65. The number of benzene rings is 3. The van der Waals surface area contributed by atoms with Crippen molar-refractivity contribution in [3.63, 3.8) is 0 Å². The van der Waals surface area contributed by atoms with Crippen LogP contribution >= 0.6 is 28.1 Å². The van der Waals surface area contributed by atoms with Crippen LogP contribution in [0.4, 0.5) is 5.69 Å². The van der Waals surface area contributed by atoms with Crippen LogP contribution in [0.5, 0.6) is 0 Å². The normalized spacial score (nSPS) is 15.8. The zero-order valence-corrected chi connectivity index (χ0v) is 16.6. The van der Waals surface area contributed by atoms with Gasteiger partial charge in [-0.2, -0.15) is 0 Å². The summed E-state index contributed by atoms with van der Waals surface area (Å²) in [7, 11) is 0. The summed E-state index contributed by atoms with van der Waals surface area (Å²) >= 11 is 9.18. The first-order valence-electron chi connectivity index (χ1n) is 8.45. The largest absolute Gasteiger partial charge is 0.318 e. The predicted octanol–water partition coefficient (Wildman–Crippen LogP) is 5.24. The summed E-state index contributed by atoms with van der Waals surface area (Å²) in [5.41, 5.74) is 2.95. The molecule has 0 bridgehead atoms. The molecule has 0 saturated heterocycles. The quantitative estimate of drug-likeness (QED) is 0.542. The van der Waals surface area contributed by atoms with Crippen LogP contribution < -0.4 is 10.2 Å². The molecular formula is C21H17BrN2OS. The molecule has 0 aromatic heterocycles. The summed E-state index contributed by atoms with van der Waals surface area (Å²) in [6.07, 6.45) is 0. The minimum atomic E-state index is -0.180. The van der Waals surface area contributed by atoms with E-state index in [0.29, 0.717) is 16.6 Å². The minimum Gasteiger partial charge on any atom is -0.318 e. The Hall–Kier alpha value is -2.24. The Morgan fingerprint density at radius 2 is 1.85 bits per heavy atom. The van der Waals surface area contributed by atoms with Crippen molar-refractivity contribution in [2.75, 3.05) is 11.4 Å². The second kappa shape index (κ2) is 6.82. The van der Waals surface area contributed by atoms with Crippen molar-refractivity contribution in [1.82, 2.24) is 5.32 Å². The molecule has 0 radical (unpaired) electrons. The maximum absolute atomic E-state index is 12.4. The number of anilines is 1. The number of carbonyl (C=O) groups is 1. The van der Waals surface area contributed by atoms with E-state index in [0.717, 1.165) is 16.7 Å². The molecule has 1 heterocycles. The van der Waals surface area contributed by atoms with Gasteiger partial charge in [-0.25, -0.2) is 0 Å². The number of hydrogen-bond acceptors (Lipinski definition) is 2. The van der Waals surface area contributed by atoms with Crippen molar-refractivity contribution in [3.05, 3.63) is 76.3 Å². The van der Waals surface area contributed by atoms with Gasteiger partial charge >= 0.3 is 0 Å². The van der Waals surface area contributed by atoms with E-state index >= 15 is 0 Å². The minimum absolute atomic E-state index is 0.180. The standard InChI is InChI=1S/C21H17BrN2OS/c1-13-12-24(21(26)23-20(25)14-6-3-2-4-7-14)18-11-10-15-16(19(13)18)8-5-9-17(15)22/h2-11,13H,12H2,1H3,(H,23,25,26). The lowest BCUT2D eigenvalue weighted by atomic mass is 9.96. The third-order valence-electron chi connectivity index (χ3n) is 4.77. The van der Waals surface area contributed by atoms with E-state index < -0.39 is 0 Å². The van der Waals surface area contributed by atoms with Crippen LogP contribution in [-0.4, -0.2) is 17.6 Å². The molecular weight excluding hydrogens is 408 g/mol. The molecule has 130 valence electrons.